The van der Waals surface area contributed by atoms with Gasteiger partial charge in [-0.15, -0.1) is 0 Å². The topological polar surface area (TPSA) is 32.3 Å². The van der Waals surface area contributed by atoms with Gasteiger partial charge in [-0.25, -0.2) is 0 Å². The van der Waals surface area contributed by atoms with Crippen molar-refractivity contribution in [1.29, 1.82) is 0 Å². The normalized spacial score (nSPS) is 20.1. The molecule has 1 aromatic rings. The molecule has 1 N–H and O–H groups in total. The number of benzene rings is 1. The zero-order valence-electron chi connectivity index (χ0n) is 11.8. The van der Waals surface area contributed by atoms with E-state index >= 15 is 0 Å². The van der Waals surface area contributed by atoms with E-state index < -0.39 is 0 Å². The number of carbonyl (C=O) groups excluding carboxylic acids is 1. The number of carbonyl (C=O) groups is 1. The molecule has 0 bridgehead atoms. The van der Waals surface area contributed by atoms with Gasteiger partial charge in [0.2, 0.25) is 5.91 Å². The van der Waals surface area contributed by atoms with Crippen molar-refractivity contribution >= 4 is 17.7 Å². The van der Waals surface area contributed by atoms with Gasteiger partial charge in [0.1, 0.15) is 0 Å². The molecule has 0 aliphatic carbocycles. The van der Waals surface area contributed by atoms with E-state index in [4.69, 9.17) is 0 Å². The summed E-state index contributed by atoms with van der Waals surface area (Å²) >= 11 is 1.80. The van der Waals surface area contributed by atoms with E-state index in [1.165, 1.54) is 5.56 Å². The van der Waals surface area contributed by atoms with Gasteiger partial charge >= 0.3 is 0 Å². The molecule has 1 aromatic carbocycles. The quantitative estimate of drug-likeness (QED) is 0.895. The van der Waals surface area contributed by atoms with E-state index in [0.29, 0.717) is 6.67 Å². The summed E-state index contributed by atoms with van der Waals surface area (Å²) < 4.78 is 0.110. The third-order valence-corrected chi connectivity index (χ3v) is 4.78. The van der Waals surface area contributed by atoms with Crippen molar-refractivity contribution in [3.63, 3.8) is 0 Å². The minimum absolute atomic E-state index is 0.0694. The molecular weight excluding hydrogens is 256 g/mol. The molecule has 0 aromatic heterocycles. The molecule has 2 rings (SSSR count). The van der Waals surface area contributed by atoms with Crippen molar-refractivity contribution in [2.24, 2.45) is 0 Å². The molecule has 1 aliphatic rings. The summed E-state index contributed by atoms with van der Waals surface area (Å²) in [6, 6.07) is 10.1. The molecule has 1 heterocycles. The maximum atomic E-state index is 12.4. The summed E-state index contributed by atoms with van der Waals surface area (Å²) in [6.07, 6.45) is 2.87. The fourth-order valence-electron chi connectivity index (χ4n) is 2.27. The zero-order valence-corrected chi connectivity index (χ0v) is 12.7. The first-order valence-electron chi connectivity index (χ1n) is 6.63. The number of amides is 1. The van der Waals surface area contributed by atoms with Crippen LogP contribution in [0.4, 0.5) is 0 Å². The van der Waals surface area contributed by atoms with Crippen LogP contribution in [0.25, 0.3) is 0 Å². The largest absolute Gasteiger partial charge is 0.327 e. The summed E-state index contributed by atoms with van der Waals surface area (Å²) in [4.78, 5) is 14.3. The Kier molecular flexibility index (Phi) is 4.53. The summed E-state index contributed by atoms with van der Waals surface area (Å²) in [5.41, 5.74) is 1.21. The monoisotopic (exact) mass is 278 g/mol. The lowest BCUT2D eigenvalue weighted by atomic mass is 10.1. The molecule has 0 spiro atoms. The molecule has 1 fully saturated rings. The molecular formula is C15H22N2OS. The molecule has 0 radical (unpaired) electrons. The molecule has 104 valence electrons. The Balaban J connectivity index is 1.95. The number of rotatable bonds is 5. The standard InChI is InChI=1S/C15H22N2OS/c1-15(2,19-3)10-17-11-16-13(14(17)18)9-12-7-5-4-6-8-12/h4-8,13,16H,9-11H2,1-3H3. The predicted octanol–water partition coefficient (Wildman–Crippen LogP) is 2.13. The number of nitrogens with one attached hydrogen (secondary N) is 1. The van der Waals surface area contributed by atoms with E-state index in [9.17, 15) is 4.79 Å². The van der Waals surface area contributed by atoms with Crippen molar-refractivity contribution < 1.29 is 4.79 Å². The summed E-state index contributed by atoms with van der Waals surface area (Å²) in [6.45, 7) is 5.82. The lowest BCUT2D eigenvalue weighted by Gasteiger charge is -2.28. The second-order valence-electron chi connectivity index (χ2n) is 5.60. The van der Waals surface area contributed by atoms with Gasteiger partial charge in [-0.3, -0.25) is 10.1 Å². The van der Waals surface area contributed by atoms with Crippen molar-refractivity contribution in [3.8, 4) is 0 Å². The zero-order chi connectivity index (χ0) is 13.9. The Morgan fingerprint density at radius 2 is 2.05 bits per heavy atom. The summed E-state index contributed by atoms with van der Waals surface area (Å²) in [5.74, 6) is 0.228. The number of nitrogens with zero attached hydrogens (tertiary/aromatic N) is 1. The Hall–Kier alpha value is -1.00. The van der Waals surface area contributed by atoms with Crippen LogP contribution in [0.15, 0.2) is 30.3 Å². The molecule has 1 unspecified atom stereocenters. The van der Waals surface area contributed by atoms with Crippen LogP contribution in [-0.4, -0.2) is 41.1 Å². The van der Waals surface area contributed by atoms with Gasteiger partial charge < -0.3 is 4.90 Å². The first-order valence-corrected chi connectivity index (χ1v) is 7.85. The number of thioether (sulfide) groups is 1. The average Bonchev–Trinajstić information content (AvgIpc) is 2.72. The van der Waals surface area contributed by atoms with Crippen LogP contribution in [0.2, 0.25) is 0 Å². The number of hydrogen-bond donors (Lipinski definition) is 1. The van der Waals surface area contributed by atoms with Gasteiger partial charge in [-0.2, -0.15) is 11.8 Å². The highest BCUT2D eigenvalue weighted by molar-refractivity contribution is 7.99. The second-order valence-corrected chi connectivity index (χ2v) is 7.12. The predicted molar refractivity (Wildman–Crippen MR) is 81.2 cm³/mol. The van der Waals surface area contributed by atoms with Crippen LogP contribution in [-0.2, 0) is 11.2 Å². The Morgan fingerprint density at radius 3 is 2.68 bits per heavy atom. The van der Waals surface area contributed by atoms with Crippen LogP contribution < -0.4 is 5.32 Å². The number of hydrogen-bond acceptors (Lipinski definition) is 3. The fraction of sp³-hybridized carbons (Fsp3) is 0.533. The second kappa shape index (κ2) is 5.97. The average molecular weight is 278 g/mol. The molecule has 19 heavy (non-hydrogen) atoms. The van der Waals surface area contributed by atoms with Crippen molar-refractivity contribution in [2.45, 2.75) is 31.1 Å². The van der Waals surface area contributed by atoms with E-state index in [1.807, 2.05) is 23.1 Å². The fourth-order valence-corrected chi connectivity index (χ4v) is 2.56. The molecule has 1 aliphatic heterocycles. The SMILES string of the molecule is CSC(C)(C)CN1CNC(Cc2ccccc2)C1=O. The maximum absolute atomic E-state index is 12.4. The van der Waals surface area contributed by atoms with E-state index in [2.05, 4.69) is 37.6 Å². The van der Waals surface area contributed by atoms with Crippen LogP contribution in [0.5, 0.6) is 0 Å². The van der Waals surface area contributed by atoms with Gasteiger partial charge in [0, 0.05) is 11.3 Å². The van der Waals surface area contributed by atoms with Gasteiger partial charge in [0.15, 0.2) is 0 Å². The van der Waals surface area contributed by atoms with Gasteiger partial charge in [0.25, 0.3) is 0 Å². The molecule has 1 amide bonds. The highest BCUT2D eigenvalue weighted by Crippen LogP contribution is 2.24. The summed E-state index contributed by atoms with van der Waals surface area (Å²) in [5, 5.41) is 3.32. The molecule has 1 saturated heterocycles. The Bertz CT molecular complexity index is 433. The highest BCUT2D eigenvalue weighted by Gasteiger charge is 2.34. The smallest absolute Gasteiger partial charge is 0.241 e. The lowest BCUT2D eigenvalue weighted by molar-refractivity contribution is -0.129. The van der Waals surface area contributed by atoms with Crippen molar-refractivity contribution in [1.82, 2.24) is 10.2 Å². The third-order valence-electron chi connectivity index (χ3n) is 3.55. The molecule has 1 atom stereocenters. The van der Waals surface area contributed by atoms with E-state index in [0.717, 1.165) is 13.0 Å². The molecule has 0 saturated carbocycles. The maximum Gasteiger partial charge on any atom is 0.241 e. The minimum Gasteiger partial charge on any atom is -0.327 e. The first kappa shape index (κ1) is 14.4. The van der Waals surface area contributed by atoms with Crippen molar-refractivity contribution in [2.75, 3.05) is 19.5 Å². The van der Waals surface area contributed by atoms with Gasteiger partial charge in [0.05, 0.1) is 12.7 Å². The first-order chi connectivity index (χ1) is 9.02. The van der Waals surface area contributed by atoms with Crippen LogP contribution in [0, 0.1) is 0 Å². The minimum atomic E-state index is -0.0694. The highest BCUT2D eigenvalue weighted by atomic mass is 32.2. The van der Waals surface area contributed by atoms with E-state index in [-0.39, 0.29) is 16.7 Å². The van der Waals surface area contributed by atoms with E-state index in [1.54, 1.807) is 11.8 Å². The van der Waals surface area contributed by atoms with Gasteiger partial charge in [-0.05, 0) is 32.1 Å². The van der Waals surface area contributed by atoms with Crippen LogP contribution in [0.1, 0.15) is 19.4 Å². The summed E-state index contributed by atoms with van der Waals surface area (Å²) in [7, 11) is 0. The third kappa shape index (κ3) is 3.74. The Labute approximate surface area is 119 Å². The lowest BCUT2D eigenvalue weighted by Crippen LogP contribution is -2.39. The molecule has 4 heteroatoms. The van der Waals surface area contributed by atoms with Crippen molar-refractivity contribution in [3.05, 3.63) is 35.9 Å². The Morgan fingerprint density at radius 1 is 1.37 bits per heavy atom. The molecule has 3 nitrogen and oxygen atoms in total. The van der Waals surface area contributed by atoms with Crippen LogP contribution >= 0.6 is 11.8 Å². The van der Waals surface area contributed by atoms with Gasteiger partial charge in [-0.1, -0.05) is 30.3 Å². The van der Waals surface area contributed by atoms with Crippen LogP contribution in [0.3, 0.4) is 0 Å².